The summed E-state index contributed by atoms with van der Waals surface area (Å²) in [4.78, 5) is 4.38. The molecule has 0 saturated heterocycles. The first-order chi connectivity index (χ1) is 9.54. The van der Waals surface area contributed by atoms with Crippen LogP contribution in [0, 0.1) is 0 Å². The van der Waals surface area contributed by atoms with Crippen LogP contribution in [-0.2, 0) is 0 Å². The maximum atomic E-state index is 10.5. The van der Waals surface area contributed by atoms with Crippen molar-refractivity contribution in [3.05, 3.63) is 16.1 Å². The van der Waals surface area contributed by atoms with E-state index in [-0.39, 0.29) is 0 Å². The average Bonchev–Trinajstić information content (AvgIpc) is 2.41. The summed E-state index contributed by atoms with van der Waals surface area (Å²) in [7, 11) is 0. The van der Waals surface area contributed by atoms with Crippen LogP contribution in [0.2, 0.25) is 10.0 Å². The maximum absolute atomic E-state index is 10.5. The minimum Gasteiger partial charge on any atom is -0.388 e. The number of halogens is 2. The van der Waals surface area contributed by atoms with Crippen molar-refractivity contribution in [1.29, 1.82) is 0 Å². The van der Waals surface area contributed by atoms with E-state index in [2.05, 4.69) is 15.6 Å². The smallest absolute Gasteiger partial charge is 0.147 e. The largest absolute Gasteiger partial charge is 0.388 e. The van der Waals surface area contributed by atoms with Crippen molar-refractivity contribution in [2.75, 3.05) is 23.7 Å². The van der Waals surface area contributed by atoms with Crippen LogP contribution < -0.4 is 10.6 Å². The van der Waals surface area contributed by atoms with E-state index in [0.29, 0.717) is 28.2 Å². The Morgan fingerprint density at radius 2 is 1.75 bits per heavy atom. The molecule has 0 unspecified atom stereocenters. The number of rotatable bonds is 5. The Hall–Kier alpha value is -0.710. The number of aliphatic hydroxyl groups is 1. The summed E-state index contributed by atoms with van der Waals surface area (Å²) in [6.45, 7) is 3.18. The Labute approximate surface area is 129 Å². The number of hydrogen-bond acceptors (Lipinski definition) is 4. The SMILES string of the molecule is CCNc1nc(NCC2(O)CCCCC2)c(Cl)cc1Cl. The average molecular weight is 318 g/mol. The molecule has 0 bridgehead atoms. The molecular weight excluding hydrogens is 297 g/mol. The summed E-state index contributed by atoms with van der Waals surface area (Å²) in [5.41, 5.74) is -0.652. The third-order valence-corrected chi connectivity index (χ3v) is 4.22. The Morgan fingerprint density at radius 3 is 2.35 bits per heavy atom. The van der Waals surface area contributed by atoms with Crippen molar-refractivity contribution in [3.8, 4) is 0 Å². The van der Waals surface area contributed by atoms with Crippen molar-refractivity contribution in [1.82, 2.24) is 4.98 Å². The monoisotopic (exact) mass is 317 g/mol. The Morgan fingerprint density at radius 1 is 1.15 bits per heavy atom. The molecule has 1 heterocycles. The lowest BCUT2D eigenvalue weighted by Crippen LogP contribution is -2.39. The molecule has 6 heteroatoms. The van der Waals surface area contributed by atoms with Gasteiger partial charge in [-0.2, -0.15) is 0 Å². The van der Waals surface area contributed by atoms with E-state index < -0.39 is 5.60 Å². The van der Waals surface area contributed by atoms with Gasteiger partial charge in [-0.3, -0.25) is 0 Å². The lowest BCUT2D eigenvalue weighted by atomic mass is 9.85. The Kier molecular flexibility index (Phi) is 5.35. The number of anilines is 2. The molecule has 1 aromatic rings. The number of hydrogen-bond donors (Lipinski definition) is 3. The Bertz CT molecular complexity index is 462. The summed E-state index contributed by atoms with van der Waals surface area (Å²) in [5.74, 6) is 1.17. The molecule has 1 aliphatic carbocycles. The van der Waals surface area contributed by atoms with Gasteiger partial charge in [-0.15, -0.1) is 0 Å². The predicted octanol–water partition coefficient (Wildman–Crippen LogP) is 3.93. The third-order valence-electron chi connectivity index (χ3n) is 3.64. The van der Waals surface area contributed by atoms with E-state index >= 15 is 0 Å². The van der Waals surface area contributed by atoms with Gasteiger partial charge in [-0.1, -0.05) is 42.5 Å². The van der Waals surface area contributed by atoms with Gasteiger partial charge in [0.15, 0.2) is 0 Å². The van der Waals surface area contributed by atoms with Gasteiger partial charge in [0, 0.05) is 13.1 Å². The molecule has 0 radical (unpaired) electrons. The zero-order valence-electron chi connectivity index (χ0n) is 11.7. The van der Waals surface area contributed by atoms with Gasteiger partial charge in [-0.05, 0) is 25.8 Å². The van der Waals surface area contributed by atoms with E-state index in [1.807, 2.05) is 6.92 Å². The van der Waals surface area contributed by atoms with Gasteiger partial charge >= 0.3 is 0 Å². The molecule has 1 saturated carbocycles. The van der Waals surface area contributed by atoms with Crippen LogP contribution >= 0.6 is 23.2 Å². The molecule has 0 amide bonds. The second kappa shape index (κ2) is 6.83. The second-order valence-corrected chi connectivity index (χ2v) is 6.13. The van der Waals surface area contributed by atoms with Crippen LogP contribution in [0.4, 0.5) is 11.6 Å². The van der Waals surface area contributed by atoms with Gasteiger partial charge in [0.1, 0.15) is 11.6 Å². The van der Waals surface area contributed by atoms with E-state index in [0.717, 1.165) is 32.2 Å². The first-order valence-corrected chi connectivity index (χ1v) is 7.86. The molecule has 0 aromatic carbocycles. The van der Waals surface area contributed by atoms with Gasteiger partial charge in [0.25, 0.3) is 0 Å². The lowest BCUT2D eigenvalue weighted by Gasteiger charge is -2.32. The van der Waals surface area contributed by atoms with E-state index in [1.54, 1.807) is 6.07 Å². The first-order valence-electron chi connectivity index (χ1n) is 7.10. The van der Waals surface area contributed by atoms with Gasteiger partial charge < -0.3 is 15.7 Å². The molecule has 3 N–H and O–H groups in total. The highest BCUT2D eigenvalue weighted by Crippen LogP contribution is 2.31. The van der Waals surface area contributed by atoms with Gasteiger partial charge in [-0.25, -0.2) is 4.98 Å². The van der Waals surface area contributed by atoms with Crippen LogP contribution in [0.3, 0.4) is 0 Å². The second-order valence-electron chi connectivity index (χ2n) is 5.32. The highest BCUT2D eigenvalue weighted by molar-refractivity contribution is 6.37. The van der Waals surface area contributed by atoms with Crippen LogP contribution in [0.1, 0.15) is 39.0 Å². The topological polar surface area (TPSA) is 57.2 Å². The van der Waals surface area contributed by atoms with Gasteiger partial charge in [0.2, 0.25) is 0 Å². The van der Waals surface area contributed by atoms with Crippen LogP contribution in [0.5, 0.6) is 0 Å². The molecule has 112 valence electrons. The minimum atomic E-state index is -0.652. The fraction of sp³-hybridized carbons (Fsp3) is 0.643. The van der Waals surface area contributed by atoms with Crippen LogP contribution in [0.15, 0.2) is 6.07 Å². The molecule has 4 nitrogen and oxygen atoms in total. The quantitative estimate of drug-likeness (QED) is 0.770. The van der Waals surface area contributed by atoms with Crippen molar-refractivity contribution in [2.24, 2.45) is 0 Å². The molecule has 1 aliphatic rings. The predicted molar refractivity (Wildman–Crippen MR) is 84.9 cm³/mol. The maximum Gasteiger partial charge on any atom is 0.147 e. The Balaban J connectivity index is 2.06. The highest BCUT2D eigenvalue weighted by Gasteiger charge is 2.29. The summed E-state index contributed by atoms with van der Waals surface area (Å²) >= 11 is 12.2. The summed E-state index contributed by atoms with van der Waals surface area (Å²) in [5, 5.41) is 17.7. The summed E-state index contributed by atoms with van der Waals surface area (Å²) < 4.78 is 0. The van der Waals surface area contributed by atoms with Crippen molar-refractivity contribution >= 4 is 34.8 Å². The minimum absolute atomic E-state index is 0.465. The lowest BCUT2D eigenvalue weighted by molar-refractivity contribution is 0.0166. The van der Waals surface area contributed by atoms with Crippen molar-refractivity contribution in [2.45, 2.75) is 44.6 Å². The molecule has 0 spiro atoms. The van der Waals surface area contributed by atoms with Crippen molar-refractivity contribution < 1.29 is 5.11 Å². The fourth-order valence-corrected chi connectivity index (χ4v) is 3.01. The molecule has 0 atom stereocenters. The fourth-order valence-electron chi connectivity index (χ4n) is 2.52. The summed E-state index contributed by atoms with van der Waals surface area (Å²) in [6.07, 6.45) is 4.99. The molecule has 20 heavy (non-hydrogen) atoms. The number of pyridine rings is 1. The molecular formula is C14H21Cl2N3O. The normalized spacial score (nSPS) is 17.8. The zero-order chi connectivity index (χ0) is 14.6. The highest BCUT2D eigenvalue weighted by atomic mass is 35.5. The zero-order valence-corrected chi connectivity index (χ0v) is 13.2. The third kappa shape index (κ3) is 3.90. The molecule has 2 rings (SSSR count). The van der Waals surface area contributed by atoms with E-state index in [1.165, 1.54) is 6.42 Å². The first kappa shape index (κ1) is 15.7. The standard InChI is InChI=1S/C14H21Cl2N3O/c1-2-17-12-10(15)8-11(16)13(19-12)18-9-14(20)6-4-3-5-7-14/h8,20H,2-7,9H2,1H3,(H2,17,18,19). The van der Waals surface area contributed by atoms with E-state index in [4.69, 9.17) is 23.2 Å². The van der Waals surface area contributed by atoms with Crippen LogP contribution in [0.25, 0.3) is 0 Å². The van der Waals surface area contributed by atoms with Gasteiger partial charge in [0.05, 0.1) is 15.6 Å². The number of aromatic nitrogens is 1. The molecule has 0 aliphatic heterocycles. The summed E-state index contributed by atoms with van der Waals surface area (Å²) in [6, 6.07) is 1.67. The van der Waals surface area contributed by atoms with Crippen molar-refractivity contribution in [3.63, 3.8) is 0 Å². The number of nitrogens with one attached hydrogen (secondary N) is 2. The van der Waals surface area contributed by atoms with Crippen LogP contribution in [-0.4, -0.2) is 28.8 Å². The number of nitrogens with zero attached hydrogens (tertiary/aromatic N) is 1. The van der Waals surface area contributed by atoms with E-state index in [9.17, 15) is 5.11 Å². The molecule has 1 aromatic heterocycles. The molecule has 1 fully saturated rings.